The second kappa shape index (κ2) is 7.90. The van der Waals surface area contributed by atoms with Gasteiger partial charge in [-0.25, -0.2) is 8.42 Å². The van der Waals surface area contributed by atoms with Gasteiger partial charge < -0.3 is 10.2 Å². The predicted molar refractivity (Wildman–Crippen MR) is 89.9 cm³/mol. The zero-order chi connectivity index (χ0) is 16.9. The van der Waals surface area contributed by atoms with Gasteiger partial charge in [0.15, 0.2) is 0 Å². The molecule has 1 aromatic carbocycles. The number of carbonyl (C=O) groups is 1. The molecule has 0 atom stereocenters. The van der Waals surface area contributed by atoms with Gasteiger partial charge in [-0.2, -0.15) is 4.31 Å². The fourth-order valence-corrected chi connectivity index (χ4v) is 4.21. The number of carbonyl (C=O) groups excluding carboxylic acids is 1. The number of likely N-dealkylation sites (N-methyl/N-ethyl adjacent to an activating group) is 2. The van der Waals surface area contributed by atoms with Crippen molar-refractivity contribution in [2.75, 3.05) is 40.3 Å². The van der Waals surface area contributed by atoms with Gasteiger partial charge in [0.05, 0.1) is 4.90 Å². The van der Waals surface area contributed by atoms with Crippen LogP contribution in [0.2, 0.25) is 0 Å². The second-order valence-corrected chi connectivity index (χ2v) is 7.76. The molecule has 0 radical (unpaired) electrons. The maximum absolute atomic E-state index is 12.7. The number of piperidine rings is 1. The molecule has 0 unspecified atom stereocenters. The monoisotopic (exact) mass is 339 g/mol. The van der Waals surface area contributed by atoms with E-state index >= 15 is 0 Å². The summed E-state index contributed by atoms with van der Waals surface area (Å²) in [6.07, 6.45) is 2.86. The Balaban J connectivity index is 2.20. The van der Waals surface area contributed by atoms with Crippen LogP contribution in [-0.2, 0) is 10.0 Å². The molecule has 0 aliphatic carbocycles. The highest BCUT2D eigenvalue weighted by Crippen LogP contribution is 2.21. The number of amides is 1. The van der Waals surface area contributed by atoms with E-state index in [0.717, 1.165) is 19.3 Å². The van der Waals surface area contributed by atoms with Crippen LogP contribution < -0.4 is 5.32 Å². The number of rotatable bonds is 6. The molecule has 1 heterocycles. The van der Waals surface area contributed by atoms with E-state index in [2.05, 4.69) is 5.32 Å². The summed E-state index contributed by atoms with van der Waals surface area (Å²) in [4.78, 5) is 14.2. The van der Waals surface area contributed by atoms with Crippen LogP contribution in [0.5, 0.6) is 0 Å². The van der Waals surface area contributed by atoms with Crippen LogP contribution in [0, 0.1) is 0 Å². The van der Waals surface area contributed by atoms with Crippen LogP contribution in [0.3, 0.4) is 0 Å². The minimum Gasteiger partial charge on any atom is -0.340 e. The molecule has 1 amide bonds. The van der Waals surface area contributed by atoms with Crippen molar-refractivity contribution in [3.05, 3.63) is 29.8 Å². The topological polar surface area (TPSA) is 69.7 Å². The molecule has 7 heteroatoms. The minimum atomic E-state index is -3.51. The second-order valence-electron chi connectivity index (χ2n) is 5.82. The summed E-state index contributed by atoms with van der Waals surface area (Å²) in [5.74, 6) is -0.170. The molecule has 2 rings (SSSR count). The smallest absolute Gasteiger partial charge is 0.253 e. The molecule has 1 fully saturated rings. The molecule has 1 saturated heterocycles. The van der Waals surface area contributed by atoms with Crippen LogP contribution in [0.25, 0.3) is 0 Å². The summed E-state index contributed by atoms with van der Waals surface area (Å²) in [6, 6.07) is 6.35. The molecular weight excluding hydrogens is 314 g/mol. The van der Waals surface area contributed by atoms with E-state index in [9.17, 15) is 13.2 Å². The fraction of sp³-hybridized carbons (Fsp3) is 0.562. The maximum atomic E-state index is 12.7. The summed E-state index contributed by atoms with van der Waals surface area (Å²) >= 11 is 0. The summed E-state index contributed by atoms with van der Waals surface area (Å²) in [6.45, 7) is 2.37. The highest BCUT2D eigenvalue weighted by molar-refractivity contribution is 7.89. The maximum Gasteiger partial charge on any atom is 0.253 e. The van der Waals surface area contributed by atoms with Crippen molar-refractivity contribution in [1.82, 2.24) is 14.5 Å². The normalized spacial score (nSPS) is 16.3. The molecule has 23 heavy (non-hydrogen) atoms. The Labute approximate surface area is 138 Å². The number of nitrogens with one attached hydrogen (secondary N) is 1. The van der Waals surface area contributed by atoms with Crippen LogP contribution in [0.1, 0.15) is 29.6 Å². The van der Waals surface area contributed by atoms with Crippen molar-refractivity contribution in [3.8, 4) is 0 Å². The van der Waals surface area contributed by atoms with E-state index in [1.54, 1.807) is 30.1 Å². The third-order valence-corrected chi connectivity index (χ3v) is 5.97. The van der Waals surface area contributed by atoms with Crippen molar-refractivity contribution < 1.29 is 13.2 Å². The summed E-state index contributed by atoms with van der Waals surface area (Å²) in [7, 11) is 0.0269. The van der Waals surface area contributed by atoms with Crippen LogP contribution in [0.15, 0.2) is 29.2 Å². The molecule has 0 bridgehead atoms. The number of sulfonamides is 1. The van der Waals surface area contributed by atoms with Gasteiger partial charge in [0, 0.05) is 38.8 Å². The number of hydrogen-bond acceptors (Lipinski definition) is 4. The number of nitrogens with zero attached hydrogens (tertiary/aromatic N) is 2. The first-order chi connectivity index (χ1) is 11.0. The number of hydrogen-bond donors (Lipinski definition) is 1. The van der Waals surface area contributed by atoms with Crippen molar-refractivity contribution in [1.29, 1.82) is 0 Å². The lowest BCUT2D eigenvalue weighted by molar-refractivity contribution is 0.0796. The van der Waals surface area contributed by atoms with E-state index in [1.165, 1.54) is 10.4 Å². The first-order valence-electron chi connectivity index (χ1n) is 7.97. The van der Waals surface area contributed by atoms with Crippen molar-refractivity contribution in [3.63, 3.8) is 0 Å². The fourth-order valence-electron chi connectivity index (χ4n) is 2.65. The Morgan fingerprint density at radius 2 is 1.96 bits per heavy atom. The molecular formula is C16H25N3O3S. The summed E-state index contributed by atoms with van der Waals surface area (Å²) in [5, 5.41) is 2.99. The van der Waals surface area contributed by atoms with E-state index in [4.69, 9.17) is 0 Å². The average molecular weight is 339 g/mol. The Bertz CT molecular complexity index is 640. The van der Waals surface area contributed by atoms with Gasteiger partial charge in [0.1, 0.15) is 0 Å². The van der Waals surface area contributed by atoms with Gasteiger partial charge in [0.2, 0.25) is 10.0 Å². The Morgan fingerprint density at radius 1 is 1.26 bits per heavy atom. The van der Waals surface area contributed by atoms with E-state index in [0.29, 0.717) is 31.7 Å². The first-order valence-corrected chi connectivity index (χ1v) is 9.41. The lowest BCUT2D eigenvalue weighted by Crippen LogP contribution is -2.36. The van der Waals surface area contributed by atoms with Crippen LogP contribution >= 0.6 is 0 Å². The lowest BCUT2D eigenvalue weighted by Gasteiger charge is -2.26. The highest BCUT2D eigenvalue weighted by Gasteiger charge is 2.26. The van der Waals surface area contributed by atoms with Crippen molar-refractivity contribution >= 4 is 15.9 Å². The Morgan fingerprint density at radius 3 is 2.61 bits per heavy atom. The molecule has 1 N–H and O–H groups in total. The Hall–Kier alpha value is -1.44. The highest BCUT2D eigenvalue weighted by atomic mass is 32.2. The number of benzene rings is 1. The SMILES string of the molecule is CNCCN(C)C(=O)c1cccc(S(=O)(=O)N2CCCCC2)c1. The van der Waals surface area contributed by atoms with Gasteiger partial charge in [-0.05, 0) is 38.1 Å². The standard InChI is InChI=1S/C16H25N3O3S/c1-17-9-12-18(2)16(20)14-7-6-8-15(13-14)23(21,22)19-10-4-3-5-11-19/h6-8,13,17H,3-5,9-12H2,1-2H3. The Kier molecular flexibility index (Phi) is 6.15. The molecule has 0 aromatic heterocycles. The molecule has 128 valence electrons. The molecule has 1 aromatic rings. The molecule has 1 aliphatic rings. The molecule has 0 saturated carbocycles. The van der Waals surface area contributed by atoms with Gasteiger partial charge in [-0.15, -0.1) is 0 Å². The van der Waals surface area contributed by atoms with Crippen molar-refractivity contribution in [2.45, 2.75) is 24.2 Å². The van der Waals surface area contributed by atoms with Gasteiger partial charge in [0.25, 0.3) is 5.91 Å². The quantitative estimate of drug-likeness (QED) is 0.844. The van der Waals surface area contributed by atoms with E-state index in [-0.39, 0.29) is 10.8 Å². The minimum absolute atomic E-state index is 0.170. The first kappa shape index (κ1) is 17.9. The van der Waals surface area contributed by atoms with E-state index in [1.807, 2.05) is 7.05 Å². The third kappa shape index (κ3) is 4.31. The molecule has 6 nitrogen and oxygen atoms in total. The van der Waals surface area contributed by atoms with Crippen molar-refractivity contribution in [2.24, 2.45) is 0 Å². The van der Waals surface area contributed by atoms with Gasteiger partial charge >= 0.3 is 0 Å². The third-order valence-electron chi connectivity index (χ3n) is 4.08. The lowest BCUT2D eigenvalue weighted by atomic mass is 10.2. The van der Waals surface area contributed by atoms with Gasteiger partial charge in [-0.3, -0.25) is 4.79 Å². The molecule has 1 aliphatic heterocycles. The van der Waals surface area contributed by atoms with E-state index < -0.39 is 10.0 Å². The van der Waals surface area contributed by atoms with Gasteiger partial charge in [-0.1, -0.05) is 12.5 Å². The zero-order valence-electron chi connectivity index (χ0n) is 13.8. The zero-order valence-corrected chi connectivity index (χ0v) is 14.6. The predicted octanol–water partition coefficient (Wildman–Crippen LogP) is 1.15. The summed E-state index contributed by atoms with van der Waals surface area (Å²) in [5.41, 5.74) is 0.404. The largest absolute Gasteiger partial charge is 0.340 e. The van der Waals surface area contributed by atoms with Crippen LogP contribution in [-0.4, -0.2) is 63.8 Å². The molecule has 0 spiro atoms. The van der Waals surface area contributed by atoms with Crippen LogP contribution in [0.4, 0.5) is 0 Å². The average Bonchev–Trinajstić information content (AvgIpc) is 2.59. The summed E-state index contributed by atoms with van der Waals surface area (Å²) < 4.78 is 26.9.